The van der Waals surface area contributed by atoms with Crippen LogP contribution < -0.4 is 10.3 Å². The number of hydrogen-bond acceptors (Lipinski definition) is 5. The molecule has 0 saturated carbocycles. The summed E-state index contributed by atoms with van der Waals surface area (Å²) >= 11 is 5.33. The summed E-state index contributed by atoms with van der Waals surface area (Å²) in [5.41, 5.74) is 1.90. The Morgan fingerprint density at radius 3 is 2.21 bits per heavy atom. The topological polar surface area (TPSA) is 84.3 Å². The zero-order valence-corrected chi connectivity index (χ0v) is 18.6. The summed E-state index contributed by atoms with van der Waals surface area (Å²) in [5.74, 6) is 0.897. The summed E-state index contributed by atoms with van der Waals surface area (Å²) in [7, 11) is 0. The molecular weight excluding hydrogens is 448 g/mol. The van der Waals surface area contributed by atoms with Crippen molar-refractivity contribution in [3.63, 3.8) is 0 Å². The molecule has 1 heterocycles. The summed E-state index contributed by atoms with van der Waals surface area (Å²) in [6.45, 7) is 0. The van der Waals surface area contributed by atoms with Crippen LogP contribution in [0.2, 0.25) is 0 Å². The first-order valence-corrected chi connectivity index (χ1v) is 10.9. The number of para-hydroxylation sites is 1. The fourth-order valence-corrected chi connectivity index (χ4v) is 4.06. The van der Waals surface area contributed by atoms with Crippen molar-refractivity contribution in [2.75, 3.05) is 0 Å². The minimum Gasteiger partial charge on any atom is -0.494 e. The number of carbonyl (C=O) groups is 1. The highest BCUT2D eigenvalue weighted by Gasteiger charge is 2.18. The molecule has 0 unspecified atom stereocenters. The highest BCUT2D eigenvalue weighted by molar-refractivity contribution is 7.71. The first-order valence-electron chi connectivity index (χ1n) is 10.5. The van der Waals surface area contributed by atoms with E-state index in [-0.39, 0.29) is 22.0 Å². The third-order valence-electron chi connectivity index (χ3n) is 5.41. The van der Waals surface area contributed by atoms with E-state index in [4.69, 9.17) is 17.0 Å². The number of aromatic amines is 1. The van der Waals surface area contributed by atoms with E-state index in [1.807, 2.05) is 36.4 Å². The quantitative estimate of drug-likeness (QED) is 0.378. The van der Waals surface area contributed by atoms with Crippen LogP contribution in [-0.4, -0.2) is 20.4 Å². The van der Waals surface area contributed by atoms with E-state index in [0.717, 1.165) is 0 Å². The maximum Gasteiger partial charge on any atom is 0.262 e. The summed E-state index contributed by atoms with van der Waals surface area (Å²) in [5, 5.41) is 11.0. The number of nitrogens with one attached hydrogen (secondary N) is 1. The summed E-state index contributed by atoms with van der Waals surface area (Å²) in [6, 6.07) is 23.5. The van der Waals surface area contributed by atoms with Crippen molar-refractivity contribution in [1.82, 2.24) is 9.55 Å². The Hall–Kier alpha value is -4.49. The number of H-pyrrole nitrogens is 1. The lowest BCUT2D eigenvalue weighted by molar-refractivity contribution is 0.104. The number of carbonyl (C=O) groups excluding carboxylic acids is 1. The second-order valence-corrected chi connectivity index (χ2v) is 7.97. The zero-order valence-electron chi connectivity index (χ0n) is 17.8. The number of fused-ring (bicyclic) bond motifs is 1. The smallest absolute Gasteiger partial charge is 0.262 e. The van der Waals surface area contributed by atoms with E-state index in [0.29, 0.717) is 33.9 Å². The lowest BCUT2D eigenvalue weighted by atomic mass is 9.91. The third-order valence-corrected chi connectivity index (χ3v) is 5.70. The van der Waals surface area contributed by atoms with Gasteiger partial charge in [-0.25, -0.2) is 0 Å². The average molecular weight is 467 g/mol. The van der Waals surface area contributed by atoms with E-state index in [1.54, 1.807) is 54.6 Å². The number of hydrogen-bond donors (Lipinski definition) is 2. The molecule has 0 spiro atoms. The molecule has 166 valence electrons. The molecule has 2 N–H and O–H groups in total. The van der Waals surface area contributed by atoms with Crippen molar-refractivity contribution < 1.29 is 14.6 Å². The number of ketones is 1. The molecule has 0 amide bonds. The predicted octanol–water partition coefficient (Wildman–Crippen LogP) is 5.69. The van der Waals surface area contributed by atoms with Gasteiger partial charge in [0.05, 0.1) is 5.69 Å². The van der Waals surface area contributed by atoms with E-state index in [9.17, 15) is 14.7 Å². The average Bonchev–Trinajstić information content (AvgIpc) is 2.85. The molecule has 1 aromatic heterocycles. The van der Waals surface area contributed by atoms with E-state index in [1.165, 1.54) is 10.6 Å². The molecule has 7 heteroatoms. The van der Waals surface area contributed by atoms with Crippen LogP contribution in [0.4, 0.5) is 0 Å². The van der Waals surface area contributed by atoms with Gasteiger partial charge in [0.15, 0.2) is 10.6 Å². The molecule has 0 atom stereocenters. The van der Waals surface area contributed by atoms with E-state index < -0.39 is 5.56 Å². The molecule has 6 nitrogen and oxygen atoms in total. The molecule has 3 aromatic carbocycles. The third kappa shape index (κ3) is 4.00. The van der Waals surface area contributed by atoms with Crippen LogP contribution >= 0.6 is 12.2 Å². The molecule has 34 heavy (non-hydrogen) atoms. The first kappa shape index (κ1) is 21.4. The molecule has 0 aliphatic heterocycles. The van der Waals surface area contributed by atoms with Gasteiger partial charge >= 0.3 is 0 Å². The maximum absolute atomic E-state index is 12.7. The predicted molar refractivity (Wildman–Crippen MR) is 133 cm³/mol. The van der Waals surface area contributed by atoms with Gasteiger partial charge in [-0.2, -0.15) is 0 Å². The summed E-state index contributed by atoms with van der Waals surface area (Å²) < 4.78 is 7.24. The van der Waals surface area contributed by atoms with Crippen molar-refractivity contribution in [2.24, 2.45) is 0 Å². The number of aromatic nitrogens is 2. The SMILES string of the molecule is O=C1C=CC(=Cc2c(O)n(-c3ccc(Oc4ccccc4)cc3)c(=S)[nH]c2=O)c2ccccc21. The van der Waals surface area contributed by atoms with Crippen LogP contribution in [0.25, 0.3) is 17.3 Å². The van der Waals surface area contributed by atoms with Crippen molar-refractivity contribution in [2.45, 2.75) is 0 Å². The fraction of sp³-hybridized carbons (Fsp3) is 0. The molecule has 0 saturated heterocycles. The van der Waals surface area contributed by atoms with Gasteiger partial charge in [0.1, 0.15) is 17.1 Å². The van der Waals surface area contributed by atoms with Crippen LogP contribution in [0.1, 0.15) is 21.5 Å². The summed E-state index contributed by atoms with van der Waals surface area (Å²) in [4.78, 5) is 27.5. The van der Waals surface area contributed by atoms with Gasteiger partial charge < -0.3 is 9.84 Å². The molecule has 0 bridgehead atoms. The van der Waals surface area contributed by atoms with Crippen molar-refractivity contribution in [3.05, 3.63) is 123 Å². The van der Waals surface area contributed by atoms with Gasteiger partial charge in [0.25, 0.3) is 5.56 Å². The number of ether oxygens (including phenoxy) is 1. The molecule has 4 aromatic rings. The maximum atomic E-state index is 12.7. The number of aromatic hydroxyl groups is 1. The highest BCUT2D eigenvalue weighted by atomic mass is 32.1. The fourth-order valence-electron chi connectivity index (χ4n) is 3.77. The molecule has 0 radical (unpaired) electrons. The van der Waals surface area contributed by atoms with Crippen LogP contribution in [0.5, 0.6) is 17.4 Å². The first-order chi connectivity index (χ1) is 16.5. The van der Waals surface area contributed by atoms with E-state index >= 15 is 0 Å². The molecule has 5 rings (SSSR count). The van der Waals surface area contributed by atoms with Gasteiger partial charge in [-0.15, -0.1) is 0 Å². The number of rotatable bonds is 4. The lowest BCUT2D eigenvalue weighted by Gasteiger charge is -2.15. The molecule has 1 aliphatic rings. The van der Waals surface area contributed by atoms with Crippen LogP contribution in [-0.2, 0) is 0 Å². The van der Waals surface area contributed by atoms with Crippen LogP contribution in [0.3, 0.4) is 0 Å². The van der Waals surface area contributed by atoms with Gasteiger partial charge in [-0.1, -0.05) is 48.5 Å². The van der Waals surface area contributed by atoms with Gasteiger partial charge in [0.2, 0.25) is 5.88 Å². The second kappa shape index (κ2) is 8.80. The largest absolute Gasteiger partial charge is 0.494 e. The van der Waals surface area contributed by atoms with Crippen molar-refractivity contribution in [1.29, 1.82) is 0 Å². The Balaban J connectivity index is 1.56. The number of nitrogens with zero attached hydrogens (tertiary/aromatic N) is 1. The number of benzene rings is 3. The second-order valence-electron chi connectivity index (χ2n) is 7.58. The van der Waals surface area contributed by atoms with Crippen molar-refractivity contribution in [3.8, 4) is 23.1 Å². The minimum atomic E-state index is -0.530. The van der Waals surface area contributed by atoms with Crippen molar-refractivity contribution >= 4 is 29.7 Å². The van der Waals surface area contributed by atoms with Crippen LogP contribution in [0.15, 0.2) is 95.8 Å². The molecule has 0 fully saturated rings. The summed E-state index contributed by atoms with van der Waals surface area (Å²) in [6.07, 6.45) is 4.62. The normalized spacial score (nSPS) is 13.6. The Morgan fingerprint density at radius 1 is 0.824 bits per heavy atom. The van der Waals surface area contributed by atoms with Gasteiger partial charge in [0, 0.05) is 5.56 Å². The van der Waals surface area contributed by atoms with E-state index in [2.05, 4.69) is 4.98 Å². The highest BCUT2D eigenvalue weighted by Crippen LogP contribution is 2.30. The van der Waals surface area contributed by atoms with Crippen LogP contribution in [0, 0.1) is 4.77 Å². The molecular formula is C27H18N2O4S. The zero-order chi connectivity index (χ0) is 23.7. The van der Waals surface area contributed by atoms with Gasteiger partial charge in [-0.3, -0.25) is 19.1 Å². The monoisotopic (exact) mass is 466 g/mol. The Bertz CT molecular complexity index is 1580. The van der Waals surface area contributed by atoms with Gasteiger partial charge in [-0.05, 0) is 71.9 Å². The minimum absolute atomic E-state index is 0.0296. The Morgan fingerprint density at radius 2 is 1.47 bits per heavy atom. The standard InChI is InChI=1S/C27H18N2O4S/c30-24-15-10-17(21-8-4-5-9-22(21)24)16-23-25(31)28-27(34)29(26(23)32)18-11-13-20(14-12-18)33-19-6-2-1-3-7-19/h1-16,32H,(H,28,31,34). The number of allylic oxidation sites excluding steroid dienone is 3. The Labute approximate surface area is 199 Å². The lowest BCUT2D eigenvalue weighted by Crippen LogP contribution is -2.16. The molecule has 1 aliphatic carbocycles. The Kier molecular flexibility index (Phi) is 5.53.